The minimum absolute atomic E-state index is 0.495. The van der Waals surface area contributed by atoms with Gasteiger partial charge in [-0.25, -0.2) is 5.43 Å². The van der Waals surface area contributed by atoms with Crippen molar-refractivity contribution in [2.24, 2.45) is 0 Å². The lowest BCUT2D eigenvalue weighted by Gasteiger charge is -2.05. The lowest BCUT2D eigenvalue weighted by Crippen LogP contribution is -2.23. The Morgan fingerprint density at radius 2 is 2.00 bits per heavy atom. The number of nitrogens with one attached hydrogen (secondary N) is 2. The molecule has 0 aliphatic carbocycles. The largest absolute Gasteiger partial charge is 0.368 e. The predicted octanol–water partition coefficient (Wildman–Crippen LogP) is 1.21. The van der Waals surface area contributed by atoms with Gasteiger partial charge in [0.2, 0.25) is 0 Å². The average Bonchev–Trinajstić information content (AvgIpc) is 2.07. The number of hydrogen-bond donors (Lipinski definition) is 2. The van der Waals surface area contributed by atoms with Gasteiger partial charge in [0.1, 0.15) is 6.73 Å². The Kier molecular flexibility index (Phi) is 3.44. The van der Waals surface area contributed by atoms with E-state index < -0.39 is 0 Å². The fourth-order valence-electron chi connectivity index (χ4n) is 0.732. The Morgan fingerprint density at radius 1 is 1.27 bits per heavy atom. The lowest BCUT2D eigenvalue weighted by molar-refractivity contribution is 0.182. The summed E-state index contributed by atoms with van der Waals surface area (Å²) in [5, 5.41) is 0. The van der Waals surface area contributed by atoms with Crippen molar-refractivity contribution in [2.45, 2.75) is 0 Å². The van der Waals surface area contributed by atoms with E-state index in [2.05, 4.69) is 10.9 Å². The quantitative estimate of drug-likeness (QED) is 0.386. The van der Waals surface area contributed by atoms with E-state index in [4.69, 9.17) is 4.74 Å². The van der Waals surface area contributed by atoms with Crippen LogP contribution >= 0.6 is 0 Å². The van der Waals surface area contributed by atoms with Gasteiger partial charge in [-0.2, -0.15) is 0 Å². The first-order valence-electron chi connectivity index (χ1n) is 3.46. The molecule has 0 radical (unpaired) electrons. The van der Waals surface area contributed by atoms with E-state index >= 15 is 0 Å². The van der Waals surface area contributed by atoms with Crippen LogP contribution in [0.15, 0.2) is 30.3 Å². The van der Waals surface area contributed by atoms with Gasteiger partial charge in [0.05, 0.1) is 0 Å². The highest BCUT2D eigenvalue weighted by Gasteiger charge is 1.84. The summed E-state index contributed by atoms with van der Waals surface area (Å²) in [5.41, 5.74) is 6.88. The van der Waals surface area contributed by atoms with E-state index in [0.29, 0.717) is 6.73 Å². The molecule has 3 heteroatoms. The summed E-state index contributed by atoms with van der Waals surface area (Å²) < 4.78 is 4.79. The van der Waals surface area contributed by atoms with Crippen molar-refractivity contribution in [3.8, 4) is 0 Å². The van der Waals surface area contributed by atoms with Gasteiger partial charge >= 0.3 is 0 Å². The Labute approximate surface area is 66.3 Å². The monoisotopic (exact) mass is 152 g/mol. The summed E-state index contributed by atoms with van der Waals surface area (Å²) in [6.07, 6.45) is 0. The topological polar surface area (TPSA) is 33.3 Å². The number of methoxy groups -OCH3 is 1. The molecular formula is C8H12N2O. The molecule has 3 nitrogen and oxygen atoms in total. The zero-order valence-electron chi connectivity index (χ0n) is 6.50. The molecule has 0 atom stereocenters. The molecule has 0 saturated heterocycles. The van der Waals surface area contributed by atoms with Crippen LogP contribution in [0, 0.1) is 0 Å². The first-order chi connectivity index (χ1) is 5.43. The summed E-state index contributed by atoms with van der Waals surface area (Å²) in [6.45, 7) is 0.495. The van der Waals surface area contributed by atoms with Crippen LogP contribution in [0.25, 0.3) is 0 Å². The van der Waals surface area contributed by atoms with Crippen LogP contribution in [0.4, 0.5) is 5.69 Å². The molecule has 11 heavy (non-hydrogen) atoms. The molecular weight excluding hydrogens is 140 g/mol. The van der Waals surface area contributed by atoms with Crippen LogP contribution in [0.5, 0.6) is 0 Å². The lowest BCUT2D eigenvalue weighted by atomic mass is 10.3. The predicted molar refractivity (Wildman–Crippen MR) is 45.1 cm³/mol. The number of hydrazine groups is 1. The highest BCUT2D eigenvalue weighted by atomic mass is 16.5. The van der Waals surface area contributed by atoms with Gasteiger partial charge in [0, 0.05) is 12.8 Å². The summed E-state index contributed by atoms with van der Waals surface area (Å²) in [5.74, 6) is 0. The second kappa shape index (κ2) is 4.71. The van der Waals surface area contributed by atoms with Crippen molar-refractivity contribution in [1.29, 1.82) is 0 Å². The van der Waals surface area contributed by atoms with Crippen molar-refractivity contribution >= 4 is 5.69 Å². The Balaban J connectivity index is 2.28. The zero-order chi connectivity index (χ0) is 7.94. The SMILES string of the molecule is COCNNc1ccccc1. The highest BCUT2D eigenvalue weighted by molar-refractivity contribution is 5.41. The summed E-state index contributed by atoms with van der Waals surface area (Å²) in [6, 6.07) is 9.86. The second-order valence-electron chi connectivity index (χ2n) is 2.10. The first kappa shape index (κ1) is 8.04. The van der Waals surface area contributed by atoms with Crippen molar-refractivity contribution in [1.82, 2.24) is 5.43 Å². The number of rotatable bonds is 4. The third-order valence-electron chi connectivity index (χ3n) is 1.22. The van der Waals surface area contributed by atoms with E-state index in [9.17, 15) is 0 Å². The Hall–Kier alpha value is -1.06. The van der Waals surface area contributed by atoms with Crippen LogP contribution in [-0.2, 0) is 4.74 Å². The number of hydrogen-bond acceptors (Lipinski definition) is 3. The highest BCUT2D eigenvalue weighted by Crippen LogP contribution is 2.01. The minimum Gasteiger partial charge on any atom is -0.368 e. The average molecular weight is 152 g/mol. The van der Waals surface area contributed by atoms with Crippen molar-refractivity contribution in [3.05, 3.63) is 30.3 Å². The summed E-state index contributed by atoms with van der Waals surface area (Å²) in [4.78, 5) is 0. The number of para-hydroxylation sites is 1. The van der Waals surface area contributed by atoms with Gasteiger partial charge in [-0.05, 0) is 12.1 Å². The molecule has 0 saturated carbocycles. The molecule has 0 spiro atoms. The molecule has 0 unspecified atom stereocenters. The van der Waals surface area contributed by atoms with Crippen LogP contribution in [-0.4, -0.2) is 13.8 Å². The molecule has 1 aromatic rings. The van der Waals surface area contributed by atoms with E-state index in [1.54, 1.807) is 7.11 Å². The van der Waals surface area contributed by atoms with Gasteiger partial charge in [0.15, 0.2) is 0 Å². The van der Waals surface area contributed by atoms with Crippen molar-refractivity contribution in [3.63, 3.8) is 0 Å². The molecule has 0 bridgehead atoms. The molecule has 0 fully saturated rings. The Bertz CT molecular complexity index is 189. The normalized spacial score (nSPS) is 9.55. The molecule has 2 N–H and O–H groups in total. The first-order valence-corrected chi connectivity index (χ1v) is 3.46. The Morgan fingerprint density at radius 3 is 2.64 bits per heavy atom. The van der Waals surface area contributed by atoms with E-state index in [1.165, 1.54) is 0 Å². The maximum Gasteiger partial charge on any atom is 0.113 e. The molecule has 0 amide bonds. The zero-order valence-corrected chi connectivity index (χ0v) is 6.50. The van der Waals surface area contributed by atoms with E-state index in [0.717, 1.165) is 5.69 Å². The number of anilines is 1. The minimum atomic E-state index is 0.495. The molecule has 60 valence electrons. The number of ether oxygens (including phenoxy) is 1. The summed E-state index contributed by atoms with van der Waals surface area (Å²) in [7, 11) is 1.64. The van der Waals surface area contributed by atoms with Crippen LogP contribution in [0.3, 0.4) is 0 Å². The summed E-state index contributed by atoms with van der Waals surface area (Å²) >= 11 is 0. The maximum absolute atomic E-state index is 4.79. The van der Waals surface area contributed by atoms with Crippen LogP contribution < -0.4 is 10.9 Å². The van der Waals surface area contributed by atoms with Gasteiger partial charge in [-0.3, -0.25) is 0 Å². The molecule has 0 aliphatic heterocycles. The molecule has 0 aliphatic rings. The van der Waals surface area contributed by atoms with Gasteiger partial charge < -0.3 is 10.2 Å². The fourth-order valence-corrected chi connectivity index (χ4v) is 0.732. The van der Waals surface area contributed by atoms with Crippen molar-refractivity contribution < 1.29 is 4.74 Å². The second-order valence-corrected chi connectivity index (χ2v) is 2.10. The molecule has 0 heterocycles. The standard InChI is InChI=1S/C8H12N2O/c1-11-7-9-10-8-5-3-2-4-6-8/h2-6,9-10H,7H2,1H3. The van der Waals surface area contributed by atoms with Gasteiger partial charge in [-0.1, -0.05) is 18.2 Å². The smallest absolute Gasteiger partial charge is 0.113 e. The van der Waals surface area contributed by atoms with Gasteiger partial charge in [0.25, 0.3) is 0 Å². The third kappa shape index (κ3) is 3.02. The van der Waals surface area contributed by atoms with E-state index in [1.807, 2.05) is 30.3 Å². The molecule has 1 rings (SSSR count). The van der Waals surface area contributed by atoms with Crippen LogP contribution in [0.1, 0.15) is 0 Å². The van der Waals surface area contributed by atoms with Gasteiger partial charge in [-0.15, -0.1) is 0 Å². The molecule has 0 aromatic heterocycles. The number of benzene rings is 1. The van der Waals surface area contributed by atoms with E-state index in [-0.39, 0.29) is 0 Å². The fraction of sp³-hybridized carbons (Fsp3) is 0.250. The molecule has 1 aromatic carbocycles. The van der Waals surface area contributed by atoms with Crippen LogP contribution in [0.2, 0.25) is 0 Å². The third-order valence-corrected chi connectivity index (χ3v) is 1.22. The maximum atomic E-state index is 4.79. The van der Waals surface area contributed by atoms with Crippen molar-refractivity contribution in [2.75, 3.05) is 19.3 Å².